The lowest BCUT2D eigenvalue weighted by Gasteiger charge is -2.15. The van der Waals surface area contributed by atoms with Gasteiger partial charge in [0.25, 0.3) is 5.56 Å². The topological polar surface area (TPSA) is 63.6 Å². The number of hydrogen-bond acceptors (Lipinski definition) is 3. The lowest BCUT2D eigenvalue weighted by Crippen LogP contribution is -2.15. The van der Waals surface area contributed by atoms with Crippen molar-refractivity contribution < 1.29 is 0 Å². The number of nitrogens with one attached hydrogen (secondary N) is 1. The molecule has 0 fully saturated rings. The Morgan fingerprint density at radius 2 is 1.95 bits per heavy atom. The molecule has 5 heteroatoms. The van der Waals surface area contributed by atoms with Crippen LogP contribution in [0.3, 0.4) is 0 Å². The Labute approximate surface area is 128 Å². The number of hydrogen-bond donors (Lipinski definition) is 1. The lowest BCUT2D eigenvalue weighted by molar-refractivity contribution is 0.608. The number of H-pyrrole nitrogens is 1. The number of aromatic nitrogens is 4. The van der Waals surface area contributed by atoms with Gasteiger partial charge in [-0.1, -0.05) is 18.9 Å². The molecule has 0 bridgehead atoms. The average molecular weight is 294 g/mol. The van der Waals surface area contributed by atoms with Crippen LogP contribution in [0.25, 0.3) is 17.1 Å². The van der Waals surface area contributed by atoms with Gasteiger partial charge in [0, 0.05) is 18.1 Å². The van der Waals surface area contributed by atoms with Crippen LogP contribution >= 0.6 is 0 Å². The molecule has 1 aromatic rings. The van der Waals surface area contributed by atoms with Gasteiger partial charge in [0.1, 0.15) is 5.69 Å². The van der Waals surface area contributed by atoms with Crippen molar-refractivity contribution in [2.75, 3.05) is 0 Å². The molecule has 3 heterocycles. The van der Waals surface area contributed by atoms with Crippen molar-refractivity contribution in [1.82, 2.24) is 19.7 Å². The summed E-state index contributed by atoms with van der Waals surface area (Å²) < 4.78 is 1.41. The highest BCUT2D eigenvalue weighted by atomic mass is 16.1. The van der Waals surface area contributed by atoms with Gasteiger partial charge >= 0.3 is 0 Å². The molecule has 1 aliphatic carbocycles. The van der Waals surface area contributed by atoms with Gasteiger partial charge in [-0.05, 0) is 43.4 Å². The Morgan fingerprint density at radius 3 is 2.77 bits per heavy atom. The predicted molar refractivity (Wildman–Crippen MR) is 84.5 cm³/mol. The van der Waals surface area contributed by atoms with Gasteiger partial charge < -0.3 is 4.98 Å². The fourth-order valence-electron chi connectivity index (χ4n) is 3.24. The van der Waals surface area contributed by atoms with Crippen molar-refractivity contribution >= 4 is 0 Å². The number of fused-ring (bicyclic) bond motifs is 3. The number of pyridine rings is 2. The molecule has 112 valence electrons. The average Bonchev–Trinajstić information content (AvgIpc) is 2.86. The van der Waals surface area contributed by atoms with Crippen LogP contribution in [0, 0.1) is 0 Å². The zero-order chi connectivity index (χ0) is 14.9. The third kappa shape index (κ3) is 2.13. The molecule has 0 radical (unpaired) electrons. The van der Waals surface area contributed by atoms with Gasteiger partial charge in [0.05, 0.1) is 5.56 Å². The first-order chi connectivity index (χ1) is 10.8. The minimum Gasteiger partial charge on any atom is -0.364 e. The van der Waals surface area contributed by atoms with Gasteiger partial charge in [-0.25, -0.2) is 4.98 Å². The highest BCUT2D eigenvalue weighted by molar-refractivity contribution is 5.64. The fourth-order valence-corrected chi connectivity index (χ4v) is 3.24. The molecule has 0 aromatic carbocycles. The molecule has 0 amide bonds. The van der Waals surface area contributed by atoms with Gasteiger partial charge in [-0.2, -0.15) is 9.78 Å². The van der Waals surface area contributed by atoms with Crippen LogP contribution in [0.2, 0.25) is 0 Å². The van der Waals surface area contributed by atoms with Crippen molar-refractivity contribution in [1.29, 1.82) is 0 Å². The van der Waals surface area contributed by atoms with Gasteiger partial charge in [-0.15, -0.1) is 0 Å². The van der Waals surface area contributed by atoms with Crippen molar-refractivity contribution in [2.45, 2.75) is 38.5 Å². The zero-order valence-electron chi connectivity index (χ0n) is 12.4. The maximum atomic E-state index is 12.6. The molecule has 1 aromatic heterocycles. The minimum atomic E-state index is -0.102. The molecule has 3 aliphatic rings. The van der Waals surface area contributed by atoms with Crippen molar-refractivity contribution in [3.8, 4) is 17.1 Å². The second-order valence-electron chi connectivity index (χ2n) is 5.83. The standard InChI is InChI=1S/C17H18N4O/c22-17-13-11-19-14-8-4-2-1-3-7-12(14)16(13)20-21(17)15-9-5-6-10-18-15/h5-6,9-11,19H,1-4,7-8H2. The van der Waals surface area contributed by atoms with Crippen molar-refractivity contribution in [2.24, 2.45) is 0 Å². The Morgan fingerprint density at radius 1 is 1.09 bits per heavy atom. The van der Waals surface area contributed by atoms with E-state index in [-0.39, 0.29) is 5.56 Å². The second kappa shape index (κ2) is 5.40. The second-order valence-corrected chi connectivity index (χ2v) is 5.83. The van der Waals surface area contributed by atoms with Crippen LogP contribution in [0.1, 0.15) is 36.9 Å². The monoisotopic (exact) mass is 294 g/mol. The van der Waals surface area contributed by atoms with Crippen LogP contribution in [0.4, 0.5) is 0 Å². The van der Waals surface area contributed by atoms with Gasteiger partial charge in [0.2, 0.25) is 0 Å². The normalized spacial score (nSPS) is 15.3. The summed E-state index contributed by atoms with van der Waals surface area (Å²) in [5, 5.41) is 4.59. The summed E-state index contributed by atoms with van der Waals surface area (Å²) in [7, 11) is 0. The van der Waals surface area contributed by atoms with E-state index in [1.54, 1.807) is 12.3 Å². The van der Waals surface area contributed by atoms with Crippen LogP contribution in [0.5, 0.6) is 0 Å². The maximum absolute atomic E-state index is 12.6. The quantitative estimate of drug-likeness (QED) is 0.750. The smallest absolute Gasteiger partial charge is 0.283 e. The number of aryl methyl sites for hydroxylation is 1. The summed E-state index contributed by atoms with van der Waals surface area (Å²) >= 11 is 0. The molecule has 0 spiro atoms. The van der Waals surface area contributed by atoms with E-state index < -0.39 is 0 Å². The molecule has 22 heavy (non-hydrogen) atoms. The highest BCUT2D eigenvalue weighted by Crippen LogP contribution is 2.28. The van der Waals surface area contributed by atoms with E-state index in [1.165, 1.54) is 35.2 Å². The molecule has 0 unspecified atom stereocenters. The molecule has 0 atom stereocenters. The molecule has 1 N–H and O–H groups in total. The van der Waals surface area contributed by atoms with E-state index in [0.717, 1.165) is 25.0 Å². The van der Waals surface area contributed by atoms with Gasteiger partial charge in [-0.3, -0.25) is 4.79 Å². The SMILES string of the molecule is O=c1c2c[nH]c3c(c-2nn1-c1ccccn1)CCCCCC3. The Kier molecular flexibility index (Phi) is 3.25. The first kappa shape index (κ1) is 13.2. The largest absolute Gasteiger partial charge is 0.364 e. The van der Waals surface area contributed by atoms with Crippen LogP contribution in [0.15, 0.2) is 35.4 Å². The Hall–Kier alpha value is -2.43. The maximum Gasteiger partial charge on any atom is 0.283 e. The first-order valence-corrected chi connectivity index (χ1v) is 7.88. The van der Waals surface area contributed by atoms with Gasteiger partial charge in [0.15, 0.2) is 5.82 Å². The van der Waals surface area contributed by atoms with E-state index in [2.05, 4.69) is 15.1 Å². The number of rotatable bonds is 1. The summed E-state index contributed by atoms with van der Waals surface area (Å²) in [6, 6.07) is 5.51. The van der Waals surface area contributed by atoms with E-state index in [1.807, 2.05) is 18.3 Å². The van der Waals surface area contributed by atoms with Crippen LogP contribution < -0.4 is 5.56 Å². The Balaban J connectivity index is 1.92. The predicted octanol–water partition coefficient (Wildman–Crippen LogP) is 2.72. The first-order valence-electron chi connectivity index (χ1n) is 7.88. The lowest BCUT2D eigenvalue weighted by atomic mass is 9.94. The molecule has 5 nitrogen and oxygen atoms in total. The Bertz CT molecular complexity index is 819. The zero-order valence-corrected chi connectivity index (χ0v) is 12.4. The molecular weight excluding hydrogens is 276 g/mol. The summed E-state index contributed by atoms with van der Waals surface area (Å²) in [5.74, 6) is 0.572. The van der Waals surface area contributed by atoms with Crippen molar-refractivity contribution in [3.05, 3.63) is 52.2 Å². The molecular formula is C17H18N4O. The third-order valence-electron chi connectivity index (χ3n) is 4.39. The summed E-state index contributed by atoms with van der Waals surface area (Å²) in [4.78, 5) is 20.2. The van der Waals surface area contributed by atoms with Crippen molar-refractivity contribution in [3.63, 3.8) is 0 Å². The van der Waals surface area contributed by atoms with Crippen LogP contribution in [-0.2, 0) is 12.8 Å². The fraction of sp³-hybridized carbons (Fsp3) is 0.353. The minimum absolute atomic E-state index is 0.102. The van der Waals surface area contributed by atoms with E-state index in [4.69, 9.17) is 0 Å². The molecule has 0 saturated carbocycles. The van der Waals surface area contributed by atoms with Crippen LogP contribution in [-0.4, -0.2) is 19.7 Å². The highest BCUT2D eigenvalue weighted by Gasteiger charge is 2.22. The van der Waals surface area contributed by atoms with E-state index >= 15 is 0 Å². The van der Waals surface area contributed by atoms with E-state index in [0.29, 0.717) is 11.4 Å². The molecule has 2 aliphatic heterocycles. The summed E-state index contributed by atoms with van der Waals surface area (Å²) in [6.45, 7) is 0. The molecule has 4 rings (SSSR count). The number of nitrogens with zero attached hydrogens (tertiary/aromatic N) is 3. The summed E-state index contributed by atoms with van der Waals surface area (Å²) in [6.07, 6.45) is 10.4. The number of aromatic amines is 1. The molecule has 0 saturated heterocycles. The third-order valence-corrected chi connectivity index (χ3v) is 4.39. The summed E-state index contributed by atoms with van der Waals surface area (Å²) in [5.41, 5.74) is 3.84. The van der Waals surface area contributed by atoms with E-state index in [9.17, 15) is 4.79 Å².